The summed E-state index contributed by atoms with van der Waals surface area (Å²) >= 11 is 0. The summed E-state index contributed by atoms with van der Waals surface area (Å²) in [6.07, 6.45) is 2.88. The van der Waals surface area contributed by atoms with Crippen molar-refractivity contribution in [1.29, 1.82) is 0 Å². The van der Waals surface area contributed by atoms with Crippen LogP contribution in [-0.4, -0.2) is 53.4 Å². The van der Waals surface area contributed by atoms with E-state index in [-0.39, 0.29) is 22.4 Å². The summed E-state index contributed by atoms with van der Waals surface area (Å²) < 4.78 is 33.9. The fraction of sp³-hybridized carbons (Fsp3) is 0.348. The monoisotopic (exact) mass is 498 g/mol. The molecule has 12 heteroatoms. The van der Waals surface area contributed by atoms with Gasteiger partial charge in [0, 0.05) is 37.2 Å². The molecule has 2 amide bonds. The van der Waals surface area contributed by atoms with Crippen LogP contribution < -0.4 is 16.0 Å². The summed E-state index contributed by atoms with van der Waals surface area (Å²) in [4.78, 5) is 25.3. The minimum atomic E-state index is -3.56. The largest absolute Gasteiger partial charge is 0.463 e. The first-order valence-electron chi connectivity index (χ1n) is 11.4. The van der Waals surface area contributed by atoms with Crippen molar-refractivity contribution >= 4 is 27.7 Å². The van der Waals surface area contributed by atoms with Crippen LogP contribution in [-0.2, 0) is 14.8 Å². The van der Waals surface area contributed by atoms with Gasteiger partial charge in [-0.1, -0.05) is 0 Å². The number of rotatable bonds is 6. The molecule has 11 nitrogen and oxygen atoms in total. The number of nitrogens with zero attached hydrogens (tertiary/aromatic N) is 3. The van der Waals surface area contributed by atoms with Gasteiger partial charge in [0.15, 0.2) is 12.0 Å². The molecule has 0 saturated carbocycles. The molecule has 184 valence electrons. The highest BCUT2D eigenvalue weighted by Crippen LogP contribution is 2.26. The Morgan fingerprint density at radius 1 is 1.17 bits per heavy atom. The Morgan fingerprint density at radius 3 is 2.57 bits per heavy atom. The molecule has 2 fully saturated rings. The van der Waals surface area contributed by atoms with Crippen molar-refractivity contribution in [2.45, 2.75) is 43.4 Å². The zero-order valence-electron chi connectivity index (χ0n) is 19.1. The number of nitrogens with one attached hydrogen (secondary N) is 3. The van der Waals surface area contributed by atoms with E-state index in [1.807, 2.05) is 6.92 Å². The number of hydrogen-bond acceptors (Lipinski definition) is 7. The summed E-state index contributed by atoms with van der Waals surface area (Å²) in [6, 6.07) is 10.9. The molecule has 5 rings (SSSR count). The summed E-state index contributed by atoms with van der Waals surface area (Å²) in [6.45, 7) is 2.91. The van der Waals surface area contributed by atoms with Crippen LogP contribution in [0.2, 0.25) is 0 Å². The van der Waals surface area contributed by atoms with Crippen molar-refractivity contribution in [3.63, 3.8) is 0 Å². The van der Waals surface area contributed by atoms with Gasteiger partial charge >= 0.3 is 0 Å². The Balaban J connectivity index is 1.40. The molecule has 2 atom stereocenters. The van der Waals surface area contributed by atoms with E-state index in [1.165, 1.54) is 39.5 Å². The lowest BCUT2D eigenvalue weighted by Crippen LogP contribution is -2.52. The van der Waals surface area contributed by atoms with Crippen LogP contribution in [0.4, 0.5) is 5.82 Å². The quantitative estimate of drug-likeness (QED) is 0.473. The van der Waals surface area contributed by atoms with Crippen LogP contribution in [0.25, 0.3) is 11.5 Å². The molecule has 0 aliphatic carbocycles. The molecule has 2 aromatic heterocycles. The topological polar surface area (TPSA) is 139 Å². The van der Waals surface area contributed by atoms with Gasteiger partial charge in [-0.3, -0.25) is 14.9 Å². The van der Waals surface area contributed by atoms with E-state index in [9.17, 15) is 18.0 Å². The van der Waals surface area contributed by atoms with Gasteiger partial charge in [-0.15, -0.1) is 0 Å². The fourth-order valence-corrected chi connectivity index (χ4v) is 5.78. The average molecular weight is 499 g/mol. The van der Waals surface area contributed by atoms with Crippen molar-refractivity contribution in [1.82, 2.24) is 24.7 Å². The number of carbonyl (C=O) groups is 2. The molecule has 2 aliphatic rings. The molecule has 2 aliphatic heterocycles. The third-order valence-electron chi connectivity index (χ3n) is 6.05. The number of aromatic nitrogens is 2. The lowest BCUT2D eigenvalue weighted by molar-refractivity contribution is -0.125. The minimum absolute atomic E-state index is 0.0846. The second kappa shape index (κ2) is 9.29. The number of benzene rings is 1. The van der Waals surface area contributed by atoms with Gasteiger partial charge in [0.05, 0.1) is 11.2 Å². The number of anilines is 1. The van der Waals surface area contributed by atoms with Gasteiger partial charge in [0.1, 0.15) is 11.5 Å². The Morgan fingerprint density at radius 2 is 1.91 bits per heavy atom. The molecule has 2 unspecified atom stereocenters. The molecule has 4 heterocycles. The highest BCUT2D eigenvalue weighted by Gasteiger charge is 2.29. The van der Waals surface area contributed by atoms with Crippen molar-refractivity contribution in [2.24, 2.45) is 0 Å². The summed E-state index contributed by atoms with van der Waals surface area (Å²) in [5.74, 6) is 0.258. The van der Waals surface area contributed by atoms with Crippen LogP contribution in [0.3, 0.4) is 0 Å². The smallest absolute Gasteiger partial charge is 0.256 e. The average Bonchev–Trinajstić information content (AvgIpc) is 3.60. The third-order valence-corrected chi connectivity index (χ3v) is 7.96. The maximum absolute atomic E-state index is 13.0. The van der Waals surface area contributed by atoms with Crippen molar-refractivity contribution < 1.29 is 22.4 Å². The van der Waals surface area contributed by atoms with E-state index in [2.05, 4.69) is 21.0 Å². The number of carbonyl (C=O) groups excluding carboxylic acids is 2. The Kier molecular flexibility index (Phi) is 6.17. The molecule has 0 spiro atoms. The molecule has 2 saturated heterocycles. The fourth-order valence-electron chi connectivity index (χ4n) is 4.26. The molecule has 0 radical (unpaired) electrons. The summed E-state index contributed by atoms with van der Waals surface area (Å²) in [7, 11) is -3.56. The lowest BCUT2D eigenvalue weighted by Gasteiger charge is -2.30. The van der Waals surface area contributed by atoms with Crippen LogP contribution >= 0.6 is 0 Å². The van der Waals surface area contributed by atoms with Gasteiger partial charge in [-0.25, -0.2) is 13.1 Å². The molecular formula is C23H26N6O5S. The van der Waals surface area contributed by atoms with Gasteiger partial charge < -0.3 is 15.1 Å². The van der Waals surface area contributed by atoms with Crippen LogP contribution in [0.15, 0.2) is 58.0 Å². The molecule has 3 N–H and O–H groups in total. The Bertz CT molecular complexity index is 1330. The predicted octanol–water partition coefficient (Wildman–Crippen LogP) is 2.13. The second-order valence-corrected chi connectivity index (χ2v) is 10.6. The Hall–Kier alpha value is -3.48. The van der Waals surface area contributed by atoms with Gasteiger partial charge in [-0.05, 0) is 56.2 Å². The SMILES string of the molecule is CC1CC(=O)NC(n2nc(-c3ccco3)cc2NC(=O)c2ccc(S(=O)(=O)N3CCCC3)cc2)N1. The third kappa shape index (κ3) is 4.72. The molecule has 35 heavy (non-hydrogen) atoms. The zero-order valence-corrected chi connectivity index (χ0v) is 19.9. The van der Waals surface area contributed by atoms with E-state index in [4.69, 9.17) is 4.42 Å². The van der Waals surface area contributed by atoms with Gasteiger partial charge in [0.25, 0.3) is 5.91 Å². The number of amides is 2. The first-order chi connectivity index (χ1) is 16.8. The van der Waals surface area contributed by atoms with Gasteiger partial charge in [-0.2, -0.15) is 9.40 Å². The lowest BCUT2D eigenvalue weighted by atomic mass is 10.2. The Labute approximate surface area is 202 Å². The standard InChI is InChI=1S/C23H26N6O5S/c1-15-13-21(30)26-23(24-15)29-20(14-18(27-29)19-5-4-12-34-19)25-22(31)16-6-8-17(9-7-16)35(32,33)28-10-2-3-11-28/h4-9,12,14-15,23-24H,2-3,10-11,13H2,1H3,(H,25,31)(H,26,30). The first kappa shape index (κ1) is 23.3. The number of hydrogen-bond donors (Lipinski definition) is 3. The molecule has 3 aromatic rings. The maximum Gasteiger partial charge on any atom is 0.256 e. The molecule has 0 bridgehead atoms. The van der Waals surface area contributed by atoms with Crippen LogP contribution in [0.1, 0.15) is 42.8 Å². The highest BCUT2D eigenvalue weighted by molar-refractivity contribution is 7.89. The predicted molar refractivity (Wildman–Crippen MR) is 127 cm³/mol. The van der Waals surface area contributed by atoms with Crippen LogP contribution in [0, 0.1) is 0 Å². The number of furan rings is 1. The van der Waals surface area contributed by atoms with E-state index in [0.29, 0.717) is 36.8 Å². The van der Waals surface area contributed by atoms with E-state index in [1.54, 1.807) is 18.2 Å². The summed E-state index contributed by atoms with van der Waals surface area (Å²) in [5, 5.41) is 13.4. The van der Waals surface area contributed by atoms with Gasteiger partial charge in [0.2, 0.25) is 15.9 Å². The molecular weight excluding hydrogens is 472 g/mol. The molecule has 1 aromatic carbocycles. The minimum Gasteiger partial charge on any atom is -0.463 e. The van der Waals surface area contributed by atoms with E-state index < -0.39 is 22.2 Å². The maximum atomic E-state index is 13.0. The van der Waals surface area contributed by atoms with Crippen molar-refractivity contribution in [3.05, 3.63) is 54.3 Å². The van der Waals surface area contributed by atoms with E-state index >= 15 is 0 Å². The summed E-state index contributed by atoms with van der Waals surface area (Å²) in [5.41, 5.74) is 0.762. The second-order valence-electron chi connectivity index (χ2n) is 8.67. The normalized spacial score (nSPS) is 21.1. The zero-order chi connectivity index (χ0) is 24.6. The van der Waals surface area contributed by atoms with Crippen molar-refractivity contribution in [3.8, 4) is 11.5 Å². The van der Waals surface area contributed by atoms with Crippen molar-refractivity contribution in [2.75, 3.05) is 18.4 Å². The number of sulfonamides is 1. The van der Waals surface area contributed by atoms with E-state index in [0.717, 1.165) is 12.8 Å². The first-order valence-corrected chi connectivity index (χ1v) is 12.9. The van der Waals surface area contributed by atoms with Crippen LogP contribution in [0.5, 0.6) is 0 Å². The highest BCUT2D eigenvalue weighted by atomic mass is 32.2.